The summed E-state index contributed by atoms with van der Waals surface area (Å²) in [5, 5.41) is 12.5. The molecule has 160 valence electrons. The summed E-state index contributed by atoms with van der Waals surface area (Å²) in [5.41, 5.74) is 3.59. The Morgan fingerprint density at radius 2 is 1.55 bits per heavy atom. The molecular formula is C25H25NO5. The number of hydrogen-bond donors (Lipinski definition) is 2. The van der Waals surface area contributed by atoms with Crippen LogP contribution in [0.25, 0.3) is 0 Å². The van der Waals surface area contributed by atoms with Crippen molar-refractivity contribution in [3.05, 3.63) is 101 Å². The second-order valence-corrected chi connectivity index (χ2v) is 7.10. The third-order valence-electron chi connectivity index (χ3n) is 4.84. The van der Waals surface area contributed by atoms with E-state index in [1.54, 1.807) is 18.2 Å². The summed E-state index contributed by atoms with van der Waals surface area (Å²) in [4.78, 5) is 24.6. The lowest BCUT2D eigenvalue weighted by atomic mass is 9.95. The van der Waals surface area contributed by atoms with Crippen LogP contribution in [0.4, 0.5) is 4.79 Å². The monoisotopic (exact) mass is 419 g/mol. The third-order valence-corrected chi connectivity index (χ3v) is 4.84. The zero-order valence-corrected chi connectivity index (χ0v) is 17.3. The number of hydrogen-bond acceptors (Lipinski definition) is 5. The Morgan fingerprint density at radius 1 is 0.903 bits per heavy atom. The average molecular weight is 419 g/mol. The summed E-state index contributed by atoms with van der Waals surface area (Å²) in [6.07, 6.45) is 0.0783. The fraction of sp³-hybridized carbons (Fsp3) is 0.200. The lowest BCUT2D eigenvalue weighted by Gasteiger charge is -2.19. The largest absolute Gasteiger partial charge is 0.508 e. The minimum atomic E-state index is -0.924. The van der Waals surface area contributed by atoms with Crippen LogP contribution >= 0.6 is 0 Å². The van der Waals surface area contributed by atoms with Gasteiger partial charge < -0.3 is 19.9 Å². The number of esters is 1. The van der Waals surface area contributed by atoms with Crippen molar-refractivity contribution in [1.82, 2.24) is 5.32 Å². The number of phenolic OH excluding ortho intramolecular Hbond substituents is 1. The van der Waals surface area contributed by atoms with Crippen LogP contribution in [0, 0.1) is 0 Å². The predicted molar refractivity (Wildman–Crippen MR) is 117 cm³/mol. The van der Waals surface area contributed by atoms with Crippen molar-refractivity contribution in [2.24, 2.45) is 0 Å². The molecule has 6 heteroatoms. The summed E-state index contributed by atoms with van der Waals surface area (Å²) in [6, 6.07) is 23.1. The maximum Gasteiger partial charge on any atom is 0.408 e. The fourth-order valence-corrected chi connectivity index (χ4v) is 3.25. The molecule has 0 heterocycles. The number of carbonyl (C=O) groups is 2. The molecule has 0 aromatic heterocycles. The van der Waals surface area contributed by atoms with Gasteiger partial charge in [-0.2, -0.15) is 0 Å². The summed E-state index contributed by atoms with van der Waals surface area (Å²) in [7, 11) is 1.27. The lowest BCUT2D eigenvalue weighted by molar-refractivity contribution is -0.143. The van der Waals surface area contributed by atoms with Crippen LogP contribution in [-0.4, -0.2) is 30.3 Å². The number of nitrogens with one attached hydrogen (secondary N) is 1. The Kier molecular flexibility index (Phi) is 7.65. The van der Waals surface area contributed by atoms with Crippen LogP contribution in [-0.2, 0) is 33.7 Å². The summed E-state index contributed by atoms with van der Waals surface area (Å²) >= 11 is 0. The second-order valence-electron chi connectivity index (χ2n) is 7.10. The molecule has 3 aromatic carbocycles. The Morgan fingerprint density at radius 3 is 2.19 bits per heavy atom. The van der Waals surface area contributed by atoms with E-state index in [1.165, 1.54) is 7.11 Å². The smallest absolute Gasteiger partial charge is 0.408 e. The fourth-order valence-electron chi connectivity index (χ4n) is 3.25. The highest BCUT2D eigenvalue weighted by Crippen LogP contribution is 2.22. The van der Waals surface area contributed by atoms with Gasteiger partial charge in [0.15, 0.2) is 0 Å². The number of aromatic hydroxyl groups is 1. The maximum atomic E-state index is 12.3. The number of ether oxygens (including phenoxy) is 2. The van der Waals surface area contributed by atoms with E-state index in [1.807, 2.05) is 60.7 Å². The molecule has 0 aliphatic rings. The van der Waals surface area contributed by atoms with Crippen molar-refractivity contribution in [1.29, 1.82) is 0 Å². The Bertz CT molecular complexity index is 1000. The highest BCUT2D eigenvalue weighted by molar-refractivity contribution is 5.81. The van der Waals surface area contributed by atoms with Gasteiger partial charge in [-0.15, -0.1) is 0 Å². The number of benzene rings is 3. The van der Waals surface area contributed by atoms with Crippen LogP contribution in [0.15, 0.2) is 78.9 Å². The molecule has 0 spiro atoms. The van der Waals surface area contributed by atoms with Crippen molar-refractivity contribution in [2.75, 3.05) is 7.11 Å². The number of methoxy groups -OCH3 is 1. The second kappa shape index (κ2) is 10.8. The third kappa shape index (κ3) is 6.60. The Hall–Kier alpha value is -3.80. The first-order chi connectivity index (χ1) is 15.0. The van der Waals surface area contributed by atoms with E-state index < -0.39 is 18.1 Å². The van der Waals surface area contributed by atoms with Gasteiger partial charge in [-0.3, -0.25) is 0 Å². The molecule has 0 unspecified atom stereocenters. The molecule has 0 saturated heterocycles. The van der Waals surface area contributed by atoms with Crippen molar-refractivity contribution >= 4 is 12.1 Å². The van der Waals surface area contributed by atoms with Crippen LogP contribution in [0.5, 0.6) is 5.75 Å². The maximum absolute atomic E-state index is 12.3. The normalized spacial score (nSPS) is 11.4. The van der Waals surface area contributed by atoms with E-state index in [9.17, 15) is 14.7 Å². The molecule has 1 atom stereocenters. The van der Waals surface area contributed by atoms with Gasteiger partial charge >= 0.3 is 12.1 Å². The van der Waals surface area contributed by atoms with Gasteiger partial charge in [-0.05, 0) is 40.8 Å². The highest BCUT2D eigenvalue weighted by Gasteiger charge is 2.24. The van der Waals surface area contributed by atoms with Crippen LogP contribution < -0.4 is 5.32 Å². The summed E-state index contributed by atoms with van der Waals surface area (Å²) < 4.78 is 10.1. The summed E-state index contributed by atoms with van der Waals surface area (Å²) in [5.74, 6) is -0.435. The van der Waals surface area contributed by atoms with E-state index in [2.05, 4.69) is 5.32 Å². The number of amides is 1. The average Bonchev–Trinajstić information content (AvgIpc) is 2.79. The number of rotatable bonds is 8. The van der Waals surface area contributed by atoms with E-state index in [0.717, 1.165) is 22.3 Å². The van der Waals surface area contributed by atoms with Gasteiger partial charge in [0, 0.05) is 6.42 Å². The van der Waals surface area contributed by atoms with Gasteiger partial charge in [0.25, 0.3) is 0 Å². The molecule has 3 aromatic rings. The van der Waals surface area contributed by atoms with Gasteiger partial charge in [-0.1, -0.05) is 66.7 Å². The Labute approximate surface area is 181 Å². The first kappa shape index (κ1) is 21.9. The zero-order valence-electron chi connectivity index (χ0n) is 17.3. The van der Waals surface area contributed by atoms with Gasteiger partial charge in [0.2, 0.25) is 0 Å². The molecule has 0 aliphatic carbocycles. The molecule has 0 aliphatic heterocycles. The first-order valence-electron chi connectivity index (χ1n) is 9.95. The quantitative estimate of drug-likeness (QED) is 0.539. The zero-order chi connectivity index (χ0) is 22.1. The van der Waals surface area contributed by atoms with Crippen molar-refractivity contribution in [3.63, 3.8) is 0 Å². The van der Waals surface area contributed by atoms with Crippen molar-refractivity contribution in [3.8, 4) is 5.75 Å². The molecule has 2 N–H and O–H groups in total. The van der Waals surface area contributed by atoms with E-state index in [4.69, 9.17) is 9.47 Å². The Balaban J connectivity index is 1.71. The molecule has 0 fully saturated rings. The molecule has 1 amide bonds. The summed E-state index contributed by atoms with van der Waals surface area (Å²) in [6.45, 7) is 0.0963. The number of alkyl carbamates (subject to hydrolysis) is 1. The van der Waals surface area contributed by atoms with Crippen molar-refractivity contribution in [2.45, 2.75) is 25.5 Å². The molecule has 0 bridgehead atoms. The topological polar surface area (TPSA) is 84.9 Å². The van der Waals surface area contributed by atoms with Crippen LogP contribution in [0.1, 0.15) is 22.3 Å². The number of phenols is 1. The standard InChI is InChI=1S/C25H25NO5/c1-30-24(28)23(26-25(29)31-17-19-10-6-3-7-11-19)16-20-12-13-22(27)15-21(20)14-18-8-4-2-5-9-18/h2-13,15,23,27H,14,16-17H2,1H3,(H,26,29)/t23-/m0/s1. The molecule has 0 radical (unpaired) electrons. The molecule has 6 nitrogen and oxygen atoms in total. The lowest BCUT2D eigenvalue weighted by Crippen LogP contribution is -2.43. The molecule has 3 rings (SSSR count). The predicted octanol–water partition coefficient (Wildman–Crippen LogP) is 3.99. The van der Waals surface area contributed by atoms with E-state index >= 15 is 0 Å². The molecule has 31 heavy (non-hydrogen) atoms. The molecular weight excluding hydrogens is 394 g/mol. The van der Waals surface area contributed by atoms with Gasteiger partial charge in [0.05, 0.1) is 7.11 Å². The SMILES string of the molecule is COC(=O)[C@H](Cc1ccc(O)cc1Cc1ccccc1)NC(=O)OCc1ccccc1. The minimum Gasteiger partial charge on any atom is -0.508 e. The van der Waals surface area contributed by atoms with Crippen LogP contribution in [0.2, 0.25) is 0 Å². The van der Waals surface area contributed by atoms with Crippen LogP contribution in [0.3, 0.4) is 0 Å². The highest BCUT2D eigenvalue weighted by atomic mass is 16.6. The van der Waals surface area contributed by atoms with Gasteiger partial charge in [0.1, 0.15) is 18.4 Å². The minimum absolute atomic E-state index is 0.0963. The number of carbonyl (C=O) groups excluding carboxylic acids is 2. The van der Waals surface area contributed by atoms with Gasteiger partial charge in [-0.25, -0.2) is 9.59 Å². The first-order valence-corrected chi connectivity index (χ1v) is 9.95. The van der Waals surface area contributed by atoms with E-state index in [0.29, 0.717) is 6.42 Å². The molecule has 0 saturated carbocycles. The van der Waals surface area contributed by atoms with E-state index in [-0.39, 0.29) is 18.8 Å². The van der Waals surface area contributed by atoms with Crippen molar-refractivity contribution < 1.29 is 24.2 Å².